The second-order valence-electron chi connectivity index (χ2n) is 6.70. The highest BCUT2D eigenvalue weighted by atomic mass is 35.5. The quantitative estimate of drug-likeness (QED) is 0.272. The molecule has 3 aromatic rings. The Balaban J connectivity index is 1.66. The Morgan fingerprint density at radius 1 is 0.906 bits per heavy atom. The molecule has 1 amide bonds. The molecule has 0 atom stereocenters. The van der Waals surface area contributed by atoms with E-state index in [0.29, 0.717) is 37.9 Å². The highest BCUT2D eigenvalue weighted by Gasteiger charge is 2.37. The number of ether oxygens (including phenoxy) is 1. The van der Waals surface area contributed by atoms with Gasteiger partial charge in [-0.05, 0) is 42.5 Å². The first-order valence-corrected chi connectivity index (χ1v) is 11.0. The largest absolute Gasteiger partial charge is 0.456 e. The van der Waals surface area contributed by atoms with Crippen LogP contribution in [0.1, 0.15) is 6.42 Å². The molecule has 0 spiro atoms. The molecular weight excluding hydrogens is 518 g/mol. The van der Waals surface area contributed by atoms with Gasteiger partial charge in [0.05, 0.1) is 20.1 Å². The summed E-state index contributed by atoms with van der Waals surface area (Å²) < 4.78 is 5.86. The summed E-state index contributed by atoms with van der Waals surface area (Å²) in [6.07, 6.45) is 1.73. The Hall–Kier alpha value is -2.35. The molecule has 3 aromatic carbocycles. The Labute approximate surface area is 208 Å². The van der Waals surface area contributed by atoms with Gasteiger partial charge in [0.25, 0.3) is 5.91 Å². The van der Waals surface area contributed by atoms with E-state index in [0.717, 1.165) is 0 Å². The highest BCUT2D eigenvalue weighted by Crippen LogP contribution is 2.40. The van der Waals surface area contributed by atoms with E-state index in [2.05, 4.69) is 5.43 Å². The summed E-state index contributed by atoms with van der Waals surface area (Å²) in [5.74, 6) is 0.633. The molecule has 6 nitrogen and oxygen atoms in total. The maximum atomic E-state index is 12.6. The minimum Gasteiger partial charge on any atom is -0.456 e. The van der Waals surface area contributed by atoms with E-state index in [1.165, 1.54) is 28.0 Å². The molecule has 3 N–H and O–H groups in total. The summed E-state index contributed by atoms with van der Waals surface area (Å²) in [4.78, 5) is 14.0. The maximum absolute atomic E-state index is 12.6. The summed E-state index contributed by atoms with van der Waals surface area (Å²) in [5, 5.41) is 2.69. The number of carbonyl (C=O) groups excluding carboxylic acids is 1. The molecule has 0 aromatic heterocycles. The number of hydrogen-bond donors (Lipinski definition) is 2. The lowest BCUT2D eigenvalue weighted by Gasteiger charge is -2.17. The van der Waals surface area contributed by atoms with Gasteiger partial charge in [0.2, 0.25) is 6.21 Å². The molecule has 4 rings (SSSR count). The van der Waals surface area contributed by atoms with Gasteiger partial charge in [-0.25, -0.2) is 0 Å². The van der Waals surface area contributed by atoms with Gasteiger partial charge in [0.15, 0.2) is 0 Å². The molecule has 1 aliphatic rings. The third kappa shape index (κ3) is 4.70. The summed E-state index contributed by atoms with van der Waals surface area (Å²) in [7, 11) is 0. The number of benzene rings is 3. The number of nitrogens with one attached hydrogen (secondary N) is 1. The van der Waals surface area contributed by atoms with E-state index in [4.69, 9.17) is 68.5 Å². The van der Waals surface area contributed by atoms with Crippen LogP contribution in [0.5, 0.6) is 11.5 Å². The fourth-order valence-corrected chi connectivity index (χ4v) is 4.44. The van der Waals surface area contributed by atoms with Crippen molar-refractivity contribution in [1.29, 1.82) is 0 Å². The van der Waals surface area contributed by atoms with Crippen LogP contribution in [0.3, 0.4) is 0 Å². The standard InChI is InChI=1S/C21H14Cl5N4O2/c22-11-7-16(25)21(17(26)8-11)30-20(31)5-6-29(30)28-18-10-19(15(24)9-14(18)23)32-13-3-1-12(27)2-4-13/h1-4,6-10,28H,5,27H2/q+1. The molecular formula is C21H14Cl5N4O2+. The molecule has 11 heteroatoms. The predicted octanol–water partition coefficient (Wildman–Crippen LogP) is 7.09. The zero-order chi connectivity index (χ0) is 23.0. The van der Waals surface area contributed by atoms with Crippen LogP contribution in [-0.4, -0.2) is 16.9 Å². The van der Waals surface area contributed by atoms with Crippen LogP contribution in [0.15, 0.2) is 48.5 Å². The van der Waals surface area contributed by atoms with Crippen molar-refractivity contribution in [1.82, 2.24) is 0 Å². The second kappa shape index (κ2) is 9.25. The molecule has 0 saturated heterocycles. The van der Waals surface area contributed by atoms with Crippen molar-refractivity contribution >= 4 is 87.2 Å². The number of nitrogen functional groups attached to an aromatic ring is 1. The van der Waals surface area contributed by atoms with Crippen molar-refractivity contribution in [2.45, 2.75) is 6.42 Å². The first-order chi connectivity index (χ1) is 15.2. The number of amides is 1. The van der Waals surface area contributed by atoms with Gasteiger partial charge in [0.1, 0.15) is 29.3 Å². The fourth-order valence-electron chi connectivity index (χ4n) is 3.00. The molecule has 0 bridgehead atoms. The Morgan fingerprint density at radius 3 is 2.22 bits per heavy atom. The van der Waals surface area contributed by atoms with Crippen LogP contribution in [0.4, 0.5) is 17.1 Å². The van der Waals surface area contributed by atoms with Crippen LogP contribution in [-0.2, 0) is 4.79 Å². The van der Waals surface area contributed by atoms with Crippen LogP contribution in [0.2, 0.25) is 25.1 Å². The smallest absolute Gasteiger partial charge is 0.296 e. The fraction of sp³-hybridized carbons (Fsp3) is 0.0476. The summed E-state index contributed by atoms with van der Waals surface area (Å²) in [5.41, 5.74) is 10.1. The van der Waals surface area contributed by atoms with Crippen molar-refractivity contribution in [2.75, 3.05) is 16.2 Å². The van der Waals surface area contributed by atoms with Crippen molar-refractivity contribution < 1.29 is 14.3 Å². The van der Waals surface area contributed by atoms with Gasteiger partial charge in [0, 0.05) is 21.6 Å². The Bertz CT molecular complexity index is 1220. The molecule has 0 aliphatic carbocycles. The van der Waals surface area contributed by atoms with E-state index in [9.17, 15) is 4.79 Å². The van der Waals surface area contributed by atoms with Crippen molar-refractivity contribution in [2.24, 2.45) is 0 Å². The number of carbonyl (C=O) groups is 1. The van der Waals surface area contributed by atoms with Crippen molar-refractivity contribution in [3.63, 3.8) is 0 Å². The Morgan fingerprint density at radius 2 is 1.56 bits per heavy atom. The number of halogens is 5. The number of anilines is 3. The number of nitrogens with zero attached hydrogens (tertiary/aromatic N) is 2. The van der Waals surface area contributed by atoms with Gasteiger partial charge in [-0.3, -0.25) is 4.79 Å². The molecule has 32 heavy (non-hydrogen) atoms. The predicted molar refractivity (Wildman–Crippen MR) is 131 cm³/mol. The van der Waals surface area contributed by atoms with E-state index in [-0.39, 0.29) is 28.1 Å². The van der Waals surface area contributed by atoms with Gasteiger partial charge in [-0.1, -0.05) is 63.0 Å². The Kier molecular flexibility index (Phi) is 6.60. The lowest BCUT2D eigenvalue weighted by molar-refractivity contribution is -0.490. The SMILES string of the molecule is Nc1ccc(Oc2cc(N[N+]3=CCC(=O)N3c3c(Cl)cc(Cl)cc3Cl)c(Cl)cc2Cl)cc1. The van der Waals surface area contributed by atoms with Crippen LogP contribution < -0.4 is 20.9 Å². The van der Waals surface area contributed by atoms with E-state index < -0.39 is 0 Å². The van der Waals surface area contributed by atoms with Gasteiger partial charge < -0.3 is 10.5 Å². The number of hydrazine groups is 2. The second-order valence-corrected chi connectivity index (χ2v) is 8.77. The number of rotatable bonds is 5. The van der Waals surface area contributed by atoms with Gasteiger partial charge in [-0.15, -0.1) is 5.43 Å². The lowest BCUT2D eigenvalue weighted by atomic mass is 10.3. The van der Waals surface area contributed by atoms with Crippen molar-refractivity contribution in [3.8, 4) is 11.5 Å². The van der Waals surface area contributed by atoms with Gasteiger partial charge in [-0.2, -0.15) is 0 Å². The summed E-state index contributed by atoms with van der Waals surface area (Å²) in [6.45, 7) is 0. The molecule has 1 heterocycles. The number of nitrogens with two attached hydrogens (primary N) is 1. The van der Waals surface area contributed by atoms with Crippen LogP contribution in [0, 0.1) is 0 Å². The number of hydrazone groups is 2. The van der Waals surface area contributed by atoms with Crippen molar-refractivity contribution in [3.05, 3.63) is 73.6 Å². The third-order valence-electron chi connectivity index (χ3n) is 4.45. The zero-order valence-electron chi connectivity index (χ0n) is 16.1. The molecule has 0 radical (unpaired) electrons. The average molecular weight is 532 g/mol. The lowest BCUT2D eigenvalue weighted by Crippen LogP contribution is -2.38. The highest BCUT2D eigenvalue weighted by molar-refractivity contribution is 6.42. The normalized spacial score (nSPS) is 13.3. The molecule has 0 unspecified atom stereocenters. The zero-order valence-corrected chi connectivity index (χ0v) is 19.9. The topological polar surface area (TPSA) is 70.6 Å². The molecule has 0 fully saturated rings. The minimum absolute atomic E-state index is 0.113. The minimum atomic E-state index is -0.257. The third-order valence-corrected chi connectivity index (χ3v) is 5.85. The molecule has 0 saturated carbocycles. The monoisotopic (exact) mass is 529 g/mol. The number of hydrogen-bond acceptors (Lipinski definition) is 4. The van der Waals surface area contributed by atoms with Gasteiger partial charge >= 0.3 is 0 Å². The molecule has 1 aliphatic heterocycles. The van der Waals surface area contributed by atoms with E-state index >= 15 is 0 Å². The average Bonchev–Trinajstić information content (AvgIpc) is 3.07. The summed E-state index contributed by atoms with van der Waals surface area (Å²) >= 11 is 31.3. The first-order valence-electron chi connectivity index (χ1n) is 9.12. The summed E-state index contributed by atoms with van der Waals surface area (Å²) in [6, 6.07) is 13.0. The van der Waals surface area contributed by atoms with E-state index in [1.54, 1.807) is 36.5 Å². The van der Waals surface area contributed by atoms with Crippen LogP contribution >= 0.6 is 58.0 Å². The van der Waals surface area contributed by atoms with Crippen LogP contribution in [0.25, 0.3) is 0 Å². The molecule has 164 valence electrons. The van der Waals surface area contributed by atoms with E-state index in [1.807, 2.05) is 0 Å². The first kappa shape index (κ1) is 22.8. The maximum Gasteiger partial charge on any atom is 0.296 e.